The SMILES string of the molecule is FC(F)(F)c1ccc2nc(CNSc3ccc(-c4ccccc4)cc3)[nH]c2c1. The highest BCUT2D eigenvalue weighted by Gasteiger charge is 2.30. The molecule has 3 nitrogen and oxygen atoms in total. The van der Waals surface area contributed by atoms with Gasteiger partial charge in [-0.1, -0.05) is 42.5 Å². The molecule has 0 amide bonds. The monoisotopic (exact) mass is 399 g/mol. The number of H-pyrrole nitrogens is 1. The van der Waals surface area contributed by atoms with E-state index in [1.165, 1.54) is 18.0 Å². The molecule has 0 unspecified atom stereocenters. The summed E-state index contributed by atoms with van der Waals surface area (Å²) in [7, 11) is 0. The Hall–Kier alpha value is -2.77. The third-order valence-electron chi connectivity index (χ3n) is 4.25. The van der Waals surface area contributed by atoms with Gasteiger partial charge in [-0.2, -0.15) is 13.2 Å². The van der Waals surface area contributed by atoms with Crippen molar-refractivity contribution < 1.29 is 13.2 Å². The number of fused-ring (bicyclic) bond motifs is 1. The van der Waals surface area contributed by atoms with Crippen molar-refractivity contribution in [3.8, 4) is 11.1 Å². The van der Waals surface area contributed by atoms with E-state index < -0.39 is 11.7 Å². The molecule has 0 aliphatic rings. The third kappa shape index (κ3) is 4.21. The third-order valence-corrected chi connectivity index (χ3v) is 5.05. The van der Waals surface area contributed by atoms with Crippen LogP contribution in [0.5, 0.6) is 0 Å². The standard InChI is InChI=1S/C21H16F3N3S/c22-21(23,24)16-8-11-18-19(12-16)27-20(26-18)13-25-28-17-9-6-15(7-10-17)14-4-2-1-3-5-14/h1-12,25H,13H2,(H,26,27). The summed E-state index contributed by atoms with van der Waals surface area (Å²) in [5.74, 6) is 0.586. The van der Waals surface area contributed by atoms with E-state index in [1.807, 2.05) is 30.3 Å². The Morgan fingerprint density at radius 3 is 2.32 bits per heavy atom. The molecule has 1 aromatic heterocycles. The summed E-state index contributed by atoms with van der Waals surface area (Å²) < 4.78 is 41.6. The Bertz CT molecular complexity index is 1070. The number of halogens is 3. The molecular formula is C21H16F3N3S. The van der Waals surface area contributed by atoms with Gasteiger partial charge in [-0.25, -0.2) is 4.98 Å². The lowest BCUT2D eigenvalue weighted by Gasteiger charge is -2.05. The molecule has 0 saturated carbocycles. The first-order valence-corrected chi connectivity index (χ1v) is 9.42. The minimum atomic E-state index is -4.36. The first kappa shape index (κ1) is 18.6. The van der Waals surface area contributed by atoms with Crippen molar-refractivity contribution in [1.29, 1.82) is 0 Å². The lowest BCUT2D eigenvalue weighted by atomic mass is 10.1. The number of benzene rings is 3. The molecule has 0 aliphatic heterocycles. The minimum Gasteiger partial charge on any atom is -0.341 e. The Morgan fingerprint density at radius 1 is 0.893 bits per heavy atom. The summed E-state index contributed by atoms with van der Waals surface area (Å²) in [6, 6.07) is 21.8. The first-order chi connectivity index (χ1) is 13.5. The maximum absolute atomic E-state index is 12.8. The van der Waals surface area contributed by atoms with Crippen molar-refractivity contribution in [2.45, 2.75) is 17.6 Å². The molecular weight excluding hydrogens is 383 g/mol. The van der Waals surface area contributed by atoms with Crippen LogP contribution in [0.3, 0.4) is 0 Å². The molecule has 4 rings (SSSR count). The van der Waals surface area contributed by atoms with E-state index in [4.69, 9.17) is 0 Å². The van der Waals surface area contributed by atoms with E-state index in [9.17, 15) is 13.2 Å². The molecule has 0 atom stereocenters. The van der Waals surface area contributed by atoms with Gasteiger partial charge >= 0.3 is 6.18 Å². The van der Waals surface area contributed by atoms with Crippen LogP contribution in [0.1, 0.15) is 11.4 Å². The van der Waals surface area contributed by atoms with Gasteiger partial charge in [0, 0.05) is 4.90 Å². The molecule has 1 heterocycles. The highest BCUT2D eigenvalue weighted by atomic mass is 32.2. The zero-order valence-corrected chi connectivity index (χ0v) is 15.4. The van der Waals surface area contributed by atoms with Crippen LogP contribution in [0.25, 0.3) is 22.2 Å². The Morgan fingerprint density at radius 2 is 1.61 bits per heavy atom. The molecule has 7 heteroatoms. The molecule has 0 aliphatic carbocycles. The fourth-order valence-electron chi connectivity index (χ4n) is 2.86. The van der Waals surface area contributed by atoms with Crippen molar-refractivity contribution in [3.05, 3.63) is 84.2 Å². The molecule has 28 heavy (non-hydrogen) atoms. The number of aromatic amines is 1. The van der Waals surface area contributed by atoms with Gasteiger partial charge in [0.25, 0.3) is 0 Å². The van der Waals surface area contributed by atoms with Gasteiger partial charge in [0.05, 0.1) is 23.1 Å². The Balaban J connectivity index is 1.38. The highest BCUT2D eigenvalue weighted by molar-refractivity contribution is 7.97. The van der Waals surface area contributed by atoms with E-state index >= 15 is 0 Å². The van der Waals surface area contributed by atoms with Gasteiger partial charge in [0.2, 0.25) is 0 Å². The molecule has 2 N–H and O–H groups in total. The van der Waals surface area contributed by atoms with Crippen LogP contribution in [-0.4, -0.2) is 9.97 Å². The van der Waals surface area contributed by atoms with Crippen LogP contribution in [0, 0.1) is 0 Å². The number of nitrogens with zero attached hydrogens (tertiary/aromatic N) is 1. The van der Waals surface area contributed by atoms with Gasteiger partial charge in [-0.15, -0.1) is 0 Å². The van der Waals surface area contributed by atoms with Gasteiger partial charge in [0.1, 0.15) is 5.82 Å². The maximum Gasteiger partial charge on any atom is 0.416 e. The summed E-state index contributed by atoms with van der Waals surface area (Å²) in [6.07, 6.45) is -4.36. The molecule has 0 fully saturated rings. The van der Waals surface area contributed by atoms with Crippen molar-refractivity contribution in [1.82, 2.24) is 14.7 Å². The van der Waals surface area contributed by atoms with E-state index in [0.717, 1.165) is 28.2 Å². The van der Waals surface area contributed by atoms with Crippen LogP contribution in [-0.2, 0) is 12.7 Å². The molecule has 0 radical (unpaired) electrons. The summed E-state index contributed by atoms with van der Waals surface area (Å²) in [5.41, 5.74) is 2.51. The first-order valence-electron chi connectivity index (χ1n) is 8.60. The van der Waals surface area contributed by atoms with Crippen LogP contribution < -0.4 is 4.72 Å². The quantitative estimate of drug-likeness (QED) is 0.402. The second kappa shape index (κ2) is 7.69. The summed E-state index contributed by atoms with van der Waals surface area (Å²) >= 11 is 1.45. The van der Waals surface area contributed by atoms with Crippen molar-refractivity contribution in [2.24, 2.45) is 0 Å². The average molecular weight is 399 g/mol. The predicted molar refractivity (Wildman–Crippen MR) is 106 cm³/mol. The highest BCUT2D eigenvalue weighted by Crippen LogP contribution is 2.31. The zero-order chi connectivity index (χ0) is 19.6. The predicted octanol–water partition coefficient (Wildman–Crippen LogP) is 6.05. The molecule has 4 aromatic rings. The van der Waals surface area contributed by atoms with Gasteiger partial charge in [-0.3, -0.25) is 4.72 Å². The van der Waals surface area contributed by atoms with E-state index in [1.54, 1.807) is 0 Å². The van der Waals surface area contributed by atoms with Crippen LogP contribution >= 0.6 is 11.9 Å². The van der Waals surface area contributed by atoms with Crippen molar-refractivity contribution in [2.75, 3.05) is 0 Å². The normalized spacial score (nSPS) is 11.8. The van der Waals surface area contributed by atoms with Crippen LogP contribution in [0.2, 0.25) is 0 Å². The summed E-state index contributed by atoms with van der Waals surface area (Å²) in [6.45, 7) is 0.404. The molecule has 0 bridgehead atoms. The molecule has 3 aromatic carbocycles. The van der Waals surface area contributed by atoms with Crippen LogP contribution in [0.15, 0.2) is 77.7 Å². The van der Waals surface area contributed by atoms with Gasteiger partial charge in [0.15, 0.2) is 0 Å². The van der Waals surface area contributed by atoms with Crippen molar-refractivity contribution >= 4 is 23.0 Å². The number of imidazole rings is 1. The number of nitrogens with one attached hydrogen (secondary N) is 2. The van der Waals surface area contributed by atoms with Gasteiger partial charge in [-0.05, 0) is 53.4 Å². The topological polar surface area (TPSA) is 40.7 Å². The molecule has 0 saturated heterocycles. The zero-order valence-electron chi connectivity index (χ0n) is 14.6. The largest absolute Gasteiger partial charge is 0.416 e. The number of hydrogen-bond acceptors (Lipinski definition) is 3. The number of rotatable bonds is 5. The number of aromatic nitrogens is 2. The second-order valence-corrected chi connectivity index (χ2v) is 7.19. The number of alkyl halides is 3. The van der Waals surface area contributed by atoms with E-state index in [2.05, 4.69) is 39.0 Å². The lowest BCUT2D eigenvalue weighted by Crippen LogP contribution is -2.04. The summed E-state index contributed by atoms with van der Waals surface area (Å²) in [5, 5.41) is 0. The van der Waals surface area contributed by atoms with Gasteiger partial charge < -0.3 is 4.98 Å². The van der Waals surface area contributed by atoms with E-state index in [0.29, 0.717) is 23.4 Å². The maximum atomic E-state index is 12.8. The smallest absolute Gasteiger partial charge is 0.341 e. The lowest BCUT2D eigenvalue weighted by molar-refractivity contribution is -0.137. The fourth-order valence-corrected chi connectivity index (χ4v) is 3.50. The Labute approximate surface area is 164 Å². The second-order valence-electron chi connectivity index (χ2n) is 6.23. The van der Waals surface area contributed by atoms with Crippen LogP contribution in [0.4, 0.5) is 13.2 Å². The molecule has 0 spiro atoms. The van der Waals surface area contributed by atoms with Crippen molar-refractivity contribution in [3.63, 3.8) is 0 Å². The molecule has 142 valence electrons. The van der Waals surface area contributed by atoms with E-state index in [-0.39, 0.29) is 0 Å². The number of hydrogen-bond donors (Lipinski definition) is 2. The summed E-state index contributed by atoms with van der Waals surface area (Å²) in [4.78, 5) is 8.30. The minimum absolute atomic E-state index is 0.379. The Kier molecular flexibility index (Phi) is 5.11. The average Bonchev–Trinajstić information content (AvgIpc) is 3.10. The fraction of sp³-hybridized carbons (Fsp3) is 0.0952.